The Kier molecular flexibility index (Phi) is 4.68. The molecule has 23 heavy (non-hydrogen) atoms. The highest BCUT2D eigenvalue weighted by atomic mass is 16.4. The van der Waals surface area contributed by atoms with Gasteiger partial charge in [-0.25, -0.2) is 19.2 Å². The first kappa shape index (κ1) is 17.6. The van der Waals surface area contributed by atoms with E-state index in [1.165, 1.54) is 12.1 Å². The van der Waals surface area contributed by atoms with Crippen molar-refractivity contribution in [3.05, 3.63) is 46.5 Å². The summed E-state index contributed by atoms with van der Waals surface area (Å²) in [4.78, 5) is 44.8. The molecule has 120 valence electrons. The van der Waals surface area contributed by atoms with Crippen LogP contribution in [-0.4, -0.2) is 49.8 Å². The third-order valence-electron chi connectivity index (χ3n) is 3.05. The topological polar surface area (TPSA) is 181 Å². The fourth-order valence-corrected chi connectivity index (χ4v) is 2.14. The van der Waals surface area contributed by atoms with Crippen molar-refractivity contribution in [1.82, 2.24) is 0 Å². The molecule has 9 nitrogen and oxygen atoms in total. The summed E-state index contributed by atoms with van der Waals surface area (Å²) in [6.07, 6.45) is 0. The molecule has 0 bridgehead atoms. The Hall–Kier alpha value is -3.46. The van der Waals surface area contributed by atoms with Gasteiger partial charge in [0, 0.05) is 0 Å². The zero-order chi connectivity index (χ0) is 16.6. The van der Waals surface area contributed by atoms with Crippen LogP contribution in [0.4, 0.5) is 0 Å². The first-order chi connectivity index (χ1) is 10.2. The van der Waals surface area contributed by atoms with Crippen LogP contribution in [0.5, 0.6) is 0 Å². The predicted octanol–water partition coefficient (Wildman–Crippen LogP) is 0.808. The molecular weight excluding hydrogens is 312 g/mol. The highest BCUT2D eigenvalue weighted by Crippen LogP contribution is 2.28. The Balaban J connectivity index is 0.00000264. The summed E-state index contributed by atoms with van der Waals surface area (Å²) in [5.74, 6) is -6.30. The van der Waals surface area contributed by atoms with Crippen LogP contribution in [0.2, 0.25) is 0 Å². The molecule has 0 heterocycles. The van der Waals surface area contributed by atoms with Crippen LogP contribution in [0.1, 0.15) is 41.4 Å². The van der Waals surface area contributed by atoms with Crippen LogP contribution >= 0.6 is 0 Å². The first-order valence-corrected chi connectivity index (χ1v) is 5.78. The molecule has 2 aromatic rings. The second-order valence-electron chi connectivity index (χ2n) is 4.33. The summed E-state index contributed by atoms with van der Waals surface area (Å²) < 4.78 is 0. The Morgan fingerprint density at radius 2 is 1.26 bits per heavy atom. The molecule has 0 aliphatic heterocycles. The van der Waals surface area contributed by atoms with E-state index in [9.17, 15) is 24.3 Å². The van der Waals surface area contributed by atoms with Gasteiger partial charge in [0.2, 0.25) is 0 Å². The smallest absolute Gasteiger partial charge is 0.337 e. The van der Waals surface area contributed by atoms with E-state index in [0.29, 0.717) is 0 Å². The minimum Gasteiger partial charge on any atom is -0.478 e. The molecule has 0 aromatic heterocycles. The SMILES string of the molecule is O.O=C(O)c1ccc2cc(C(=O)O)c(C(=O)O)c(C(=O)O)c2c1. The van der Waals surface area contributed by atoms with Gasteiger partial charge in [0.15, 0.2) is 0 Å². The third-order valence-corrected chi connectivity index (χ3v) is 3.05. The van der Waals surface area contributed by atoms with Gasteiger partial charge in [-0.3, -0.25) is 0 Å². The van der Waals surface area contributed by atoms with Crippen LogP contribution < -0.4 is 0 Å². The van der Waals surface area contributed by atoms with Crippen molar-refractivity contribution in [2.24, 2.45) is 0 Å². The lowest BCUT2D eigenvalue weighted by Gasteiger charge is -2.11. The number of benzene rings is 2. The van der Waals surface area contributed by atoms with E-state index in [2.05, 4.69) is 0 Å². The zero-order valence-corrected chi connectivity index (χ0v) is 11.2. The van der Waals surface area contributed by atoms with Gasteiger partial charge in [-0.15, -0.1) is 0 Å². The molecule has 0 radical (unpaired) electrons. The number of hydrogen-bond acceptors (Lipinski definition) is 4. The van der Waals surface area contributed by atoms with Gasteiger partial charge in [0.25, 0.3) is 0 Å². The van der Waals surface area contributed by atoms with Gasteiger partial charge in [0.1, 0.15) is 0 Å². The largest absolute Gasteiger partial charge is 0.478 e. The summed E-state index contributed by atoms with van der Waals surface area (Å²) >= 11 is 0. The lowest BCUT2D eigenvalue weighted by atomic mass is 9.92. The number of carboxylic acid groups (broad SMARTS) is 4. The van der Waals surface area contributed by atoms with Crippen LogP contribution in [0.15, 0.2) is 24.3 Å². The van der Waals surface area contributed by atoms with Crippen molar-refractivity contribution < 1.29 is 45.1 Å². The van der Waals surface area contributed by atoms with E-state index < -0.39 is 40.6 Å². The number of aromatic carboxylic acids is 4. The maximum Gasteiger partial charge on any atom is 0.337 e. The summed E-state index contributed by atoms with van der Waals surface area (Å²) in [7, 11) is 0. The first-order valence-electron chi connectivity index (χ1n) is 5.78. The number of rotatable bonds is 4. The zero-order valence-electron chi connectivity index (χ0n) is 11.2. The van der Waals surface area contributed by atoms with Gasteiger partial charge in [0.05, 0.1) is 22.3 Å². The molecule has 0 unspecified atom stereocenters. The van der Waals surface area contributed by atoms with Crippen molar-refractivity contribution >= 4 is 34.6 Å². The molecule has 0 saturated carbocycles. The summed E-state index contributed by atoms with van der Waals surface area (Å²) in [6, 6.07) is 4.39. The van der Waals surface area contributed by atoms with E-state index in [1.54, 1.807) is 0 Å². The molecule has 0 aliphatic carbocycles. The minimum atomic E-state index is -1.72. The predicted molar refractivity (Wildman–Crippen MR) is 75.4 cm³/mol. The maximum atomic E-state index is 11.4. The Morgan fingerprint density at radius 3 is 1.70 bits per heavy atom. The molecule has 0 aliphatic rings. The molecule has 0 fully saturated rings. The average Bonchev–Trinajstić information content (AvgIpc) is 2.43. The molecule has 2 rings (SSSR count). The van der Waals surface area contributed by atoms with Gasteiger partial charge in [-0.2, -0.15) is 0 Å². The normalized spacial score (nSPS) is 9.91. The number of carboxylic acids is 4. The van der Waals surface area contributed by atoms with Crippen LogP contribution in [0.3, 0.4) is 0 Å². The van der Waals surface area contributed by atoms with Crippen LogP contribution in [0, 0.1) is 0 Å². The van der Waals surface area contributed by atoms with E-state index in [0.717, 1.165) is 12.1 Å². The highest BCUT2D eigenvalue weighted by molar-refractivity contribution is 6.17. The Bertz CT molecular complexity index is 851. The lowest BCUT2D eigenvalue weighted by molar-refractivity contribution is 0.0634. The monoisotopic (exact) mass is 322 g/mol. The standard InChI is InChI=1S/C14H8O8.H2O/c15-11(16)6-2-1-5-3-8(12(17)18)10(14(21)22)9(13(19)20)7(5)4-6;/h1-4H,(H,15,16)(H,17,18)(H,19,20)(H,21,22);1H2. The van der Waals surface area contributed by atoms with E-state index >= 15 is 0 Å². The van der Waals surface area contributed by atoms with Gasteiger partial charge >= 0.3 is 23.9 Å². The van der Waals surface area contributed by atoms with Crippen molar-refractivity contribution in [2.75, 3.05) is 0 Å². The molecule has 0 amide bonds. The highest BCUT2D eigenvalue weighted by Gasteiger charge is 2.27. The summed E-state index contributed by atoms with van der Waals surface area (Å²) in [5, 5.41) is 36.4. The quantitative estimate of drug-likeness (QED) is 0.637. The number of fused-ring (bicyclic) bond motifs is 1. The van der Waals surface area contributed by atoms with Crippen molar-refractivity contribution in [1.29, 1.82) is 0 Å². The lowest BCUT2D eigenvalue weighted by Crippen LogP contribution is -2.15. The fourth-order valence-electron chi connectivity index (χ4n) is 2.14. The number of hydrogen-bond donors (Lipinski definition) is 4. The molecule has 2 aromatic carbocycles. The average molecular weight is 322 g/mol. The summed E-state index contributed by atoms with van der Waals surface area (Å²) in [6.45, 7) is 0. The molecular formula is C14H10O9. The number of carbonyl (C=O) groups is 4. The third kappa shape index (κ3) is 2.94. The van der Waals surface area contributed by atoms with Gasteiger partial charge in [-0.1, -0.05) is 6.07 Å². The second-order valence-corrected chi connectivity index (χ2v) is 4.33. The molecule has 0 atom stereocenters. The maximum absolute atomic E-state index is 11.4. The molecule has 6 N–H and O–H groups in total. The molecule has 9 heteroatoms. The molecule has 0 spiro atoms. The van der Waals surface area contributed by atoms with E-state index in [1.807, 2.05) is 0 Å². The molecule has 0 saturated heterocycles. The van der Waals surface area contributed by atoms with E-state index in [-0.39, 0.29) is 21.8 Å². The Morgan fingerprint density at radius 1 is 0.696 bits per heavy atom. The van der Waals surface area contributed by atoms with E-state index in [4.69, 9.17) is 15.3 Å². The second kappa shape index (κ2) is 6.12. The minimum absolute atomic E-state index is 0. The van der Waals surface area contributed by atoms with Crippen LogP contribution in [0.25, 0.3) is 10.8 Å². The van der Waals surface area contributed by atoms with Crippen LogP contribution in [-0.2, 0) is 0 Å². The van der Waals surface area contributed by atoms with Crippen molar-refractivity contribution in [3.8, 4) is 0 Å². The summed E-state index contributed by atoms with van der Waals surface area (Å²) in [5.41, 5.74) is -2.57. The fraction of sp³-hybridized carbons (Fsp3) is 0. The van der Waals surface area contributed by atoms with Crippen molar-refractivity contribution in [2.45, 2.75) is 0 Å². The Labute approximate surface area is 127 Å². The van der Waals surface area contributed by atoms with Crippen molar-refractivity contribution in [3.63, 3.8) is 0 Å². The van der Waals surface area contributed by atoms with Gasteiger partial charge < -0.3 is 25.9 Å². The van der Waals surface area contributed by atoms with Gasteiger partial charge in [-0.05, 0) is 29.0 Å².